The van der Waals surface area contributed by atoms with Crippen molar-refractivity contribution in [2.75, 3.05) is 7.05 Å². The van der Waals surface area contributed by atoms with Gasteiger partial charge in [0.25, 0.3) is 0 Å². The molecule has 1 unspecified atom stereocenters. The van der Waals surface area contributed by atoms with Crippen molar-refractivity contribution in [1.82, 2.24) is 5.32 Å². The van der Waals surface area contributed by atoms with E-state index in [-0.39, 0.29) is 0 Å². The van der Waals surface area contributed by atoms with Crippen LogP contribution in [0.5, 0.6) is 0 Å². The van der Waals surface area contributed by atoms with Crippen LogP contribution in [0, 0.1) is 13.8 Å². The van der Waals surface area contributed by atoms with Crippen LogP contribution in [0.25, 0.3) is 0 Å². The summed E-state index contributed by atoms with van der Waals surface area (Å²) in [4.78, 5) is 0. The summed E-state index contributed by atoms with van der Waals surface area (Å²) in [5.41, 5.74) is 2.66. The average molecular weight is 231 g/mol. The molecular weight excluding hydrogens is 215 g/mol. The number of alkyl halides is 3. The van der Waals surface area contributed by atoms with E-state index in [1.165, 1.54) is 0 Å². The molecule has 0 bridgehead atoms. The maximum Gasteiger partial charge on any atom is 0.390 e. The predicted octanol–water partition coefficient (Wildman–Crippen LogP) is 3.52. The summed E-state index contributed by atoms with van der Waals surface area (Å²) < 4.78 is 37.1. The van der Waals surface area contributed by atoms with Gasteiger partial charge in [0.05, 0.1) is 6.42 Å². The predicted molar refractivity (Wildman–Crippen MR) is 58.4 cm³/mol. The van der Waals surface area contributed by atoms with Gasteiger partial charge in [-0.15, -0.1) is 0 Å². The van der Waals surface area contributed by atoms with Crippen LogP contribution < -0.4 is 5.32 Å². The molecule has 1 nitrogen and oxygen atoms in total. The lowest BCUT2D eigenvalue weighted by molar-refractivity contribution is -0.140. The van der Waals surface area contributed by atoms with E-state index in [1.807, 2.05) is 19.9 Å². The van der Waals surface area contributed by atoms with Crippen LogP contribution in [-0.2, 0) is 0 Å². The van der Waals surface area contributed by atoms with E-state index in [9.17, 15) is 13.2 Å². The van der Waals surface area contributed by atoms with E-state index in [4.69, 9.17) is 0 Å². The second kappa shape index (κ2) is 4.87. The highest BCUT2D eigenvalue weighted by molar-refractivity contribution is 5.35. The number of hydrogen-bond donors (Lipinski definition) is 1. The van der Waals surface area contributed by atoms with Gasteiger partial charge >= 0.3 is 6.18 Å². The molecule has 0 saturated heterocycles. The first kappa shape index (κ1) is 13.0. The smallest absolute Gasteiger partial charge is 0.313 e. The fraction of sp³-hybridized carbons (Fsp3) is 0.500. The summed E-state index contributed by atoms with van der Waals surface area (Å²) in [6.45, 7) is 3.75. The van der Waals surface area contributed by atoms with Gasteiger partial charge in [-0.2, -0.15) is 13.2 Å². The number of benzene rings is 1. The summed E-state index contributed by atoms with van der Waals surface area (Å²) in [6.07, 6.45) is -4.99. The normalized spacial score (nSPS) is 13.9. The first-order valence-corrected chi connectivity index (χ1v) is 5.15. The zero-order chi connectivity index (χ0) is 12.3. The van der Waals surface area contributed by atoms with E-state index < -0.39 is 18.6 Å². The SMILES string of the molecule is CNC(CC(F)(F)F)c1cccc(C)c1C. The average Bonchev–Trinajstić information content (AvgIpc) is 2.18. The molecule has 90 valence electrons. The van der Waals surface area contributed by atoms with E-state index in [1.54, 1.807) is 19.2 Å². The van der Waals surface area contributed by atoms with Crippen LogP contribution in [0.15, 0.2) is 18.2 Å². The maximum absolute atomic E-state index is 12.4. The minimum atomic E-state index is -4.15. The summed E-state index contributed by atoms with van der Waals surface area (Å²) in [6, 6.07) is 4.77. The van der Waals surface area contributed by atoms with Crippen LogP contribution in [-0.4, -0.2) is 13.2 Å². The summed E-state index contributed by atoms with van der Waals surface area (Å²) in [5.74, 6) is 0. The molecule has 0 aliphatic rings. The first-order valence-electron chi connectivity index (χ1n) is 5.15. The Labute approximate surface area is 93.7 Å². The van der Waals surface area contributed by atoms with Gasteiger partial charge in [0.2, 0.25) is 0 Å². The Morgan fingerprint density at radius 3 is 2.38 bits per heavy atom. The van der Waals surface area contributed by atoms with Crippen LogP contribution in [0.2, 0.25) is 0 Å². The second-order valence-electron chi connectivity index (χ2n) is 3.95. The second-order valence-corrected chi connectivity index (χ2v) is 3.95. The molecule has 0 amide bonds. The highest BCUT2D eigenvalue weighted by Crippen LogP contribution is 2.31. The third-order valence-electron chi connectivity index (χ3n) is 2.81. The lowest BCUT2D eigenvalue weighted by Gasteiger charge is -2.21. The van der Waals surface area contributed by atoms with E-state index in [0.29, 0.717) is 0 Å². The molecule has 1 aromatic carbocycles. The molecule has 0 aromatic heterocycles. The lowest BCUT2D eigenvalue weighted by Crippen LogP contribution is -2.24. The third-order valence-corrected chi connectivity index (χ3v) is 2.81. The van der Waals surface area contributed by atoms with Gasteiger partial charge in [0.15, 0.2) is 0 Å². The number of aryl methyl sites for hydroxylation is 1. The minimum absolute atomic E-state index is 0.667. The molecular formula is C12H16F3N. The lowest BCUT2D eigenvalue weighted by atomic mass is 9.95. The highest BCUT2D eigenvalue weighted by atomic mass is 19.4. The van der Waals surface area contributed by atoms with Crippen molar-refractivity contribution < 1.29 is 13.2 Å². The van der Waals surface area contributed by atoms with Crippen molar-refractivity contribution in [1.29, 1.82) is 0 Å². The Morgan fingerprint density at radius 2 is 1.88 bits per heavy atom. The Bertz CT molecular complexity index is 358. The number of nitrogens with one attached hydrogen (secondary N) is 1. The minimum Gasteiger partial charge on any atom is -0.313 e. The summed E-state index contributed by atoms with van der Waals surface area (Å²) in [7, 11) is 1.55. The van der Waals surface area contributed by atoms with Crippen LogP contribution in [0.3, 0.4) is 0 Å². The Kier molecular flexibility index (Phi) is 3.97. The van der Waals surface area contributed by atoms with E-state index in [0.717, 1.165) is 16.7 Å². The zero-order valence-corrected chi connectivity index (χ0v) is 9.65. The van der Waals surface area contributed by atoms with Gasteiger partial charge in [-0.3, -0.25) is 0 Å². The molecule has 1 rings (SSSR count). The number of rotatable bonds is 3. The molecule has 0 fully saturated rings. The fourth-order valence-electron chi connectivity index (χ4n) is 1.75. The van der Waals surface area contributed by atoms with Gasteiger partial charge in [-0.05, 0) is 37.6 Å². The van der Waals surface area contributed by atoms with E-state index in [2.05, 4.69) is 5.32 Å². The number of hydrogen-bond acceptors (Lipinski definition) is 1. The van der Waals surface area contributed by atoms with Crippen molar-refractivity contribution in [3.05, 3.63) is 34.9 Å². The molecule has 0 aliphatic carbocycles. The molecule has 0 aliphatic heterocycles. The van der Waals surface area contributed by atoms with Crippen molar-refractivity contribution in [2.45, 2.75) is 32.5 Å². The van der Waals surface area contributed by atoms with Gasteiger partial charge < -0.3 is 5.32 Å². The van der Waals surface area contributed by atoms with Crippen LogP contribution >= 0.6 is 0 Å². The van der Waals surface area contributed by atoms with Gasteiger partial charge in [0.1, 0.15) is 0 Å². The van der Waals surface area contributed by atoms with Crippen molar-refractivity contribution in [2.24, 2.45) is 0 Å². The Balaban J connectivity index is 3.00. The summed E-state index contributed by atoms with van der Waals surface area (Å²) in [5, 5.41) is 2.72. The molecule has 1 N–H and O–H groups in total. The van der Waals surface area contributed by atoms with Crippen molar-refractivity contribution >= 4 is 0 Å². The molecule has 16 heavy (non-hydrogen) atoms. The topological polar surface area (TPSA) is 12.0 Å². The monoisotopic (exact) mass is 231 g/mol. The summed E-state index contributed by atoms with van der Waals surface area (Å²) >= 11 is 0. The maximum atomic E-state index is 12.4. The largest absolute Gasteiger partial charge is 0.390 e. The standard InChI is InChI=1S/C12H16F3N/c1-8-5-4-6-10(9(8)2)11(16-3)7-12(13,14)15/h4-6,11,16H,7H2,1-3H3. The van der Waals surface area contributed by atoms with Gasteiger partial charge in [-0.1, -0.05) is 18.2 Å². The fourth-order valence-corrected chi connectivity index (χ4v) is 1.75. The van der Waals surface area contributed by atoms with E-state index >= 15 is 0 Å². The highest BCUT2D eigenvalue weighted by Gasteiger charge is 2.32. The molecule has 0 spiro atoms. The van der Waals surface area contributed by atoms with Gasteiger partial charge in [-0.25, -0.2) is 0 Å². The molecule has 0 heterocycles. The molecule has 1 aromatic rings. The molecule has 0 radical (unpaired) electrons. The van der Waals surface area contributed by atoms with Crippen LogP contribution in [0.1, 0.15) is 29.2 Å². The molecule has 4 heteroatoms. The molecule has 1 atom stereocenters. The van der Waals surface area contributed by atoms with Crippen molar-refractivity contribution in [3.63, 3.8) is 0 Å². The number of halogens is 3. The Hall–Kier alpha value is -1.03. The third kappa shape index (κ3) is 3.23. The first-order chi connectivity index (χ1) is 7.35. The quantitative estimate of drug-likeness (QED) is 0.839. The zero-order valence-electron chi connectivity index (χ0n) is 9.65. The van der Waals surface area contributed by atoms with Gasteiger partial charge in [0, 0.05) is 6.04 Å². The molecule has 0 saturated carbocycles. The van der Waals surface area contributed by atoms with Crippen LogP contribution in [0.4, 0.5) is 13.2 Å². The Morgan fingerprint density at radius 1 is 1.25 bits per heavy atom. The van der Waals surface area contributed by atoms with Crippen molar-refractivity contribution in [3.8, 4) is 0 Å².